The molecule has 2 N–H and O–H groups in total. The van der Waals surface area contributed by atoms with Gasteiger partial charge in [0.1, 0.15) is 10.7 Å². The van der Waals surface area contributed by atoms with E-state index in [4.69, 9.17) is 0 Å². The van der Waals surface area contributed by atoms with E-state index < -0.39 is 10.0 Å². The summed E-state index contributed by atoms with van der Waals surface area (Å²) < 4.78 is 27.3. The zero-order valence-electron chi connectivity index (χ0n) is 11.4. The van der Waals surface area contributed by atoms with Gasteiger partial charge >= 0.3 is 0 Å². The van der Waals surface area contributed by atoms with E-state index in [1.807, 2.05) is 26.0 Å². The average Bonchev–Trinajstić information content (AvgIpc) is 2.42. The number of benzene rings is 1. The lowest BCUT2D eigenvalue weighted by molar-refractivity contribution is 0.601. The van der Waals surface area contributed by atoms with Gasteiger partial charge in [0.2, 0.25) is 0 Å². The van der Waals surface area contributed by atoms with Crippen LogP contribution in [0.4, 0.5) is 11.5 Å². The van der Waals surface area contributed by atoms with Gasteiger partial charge in [0, 0.05) is 18.4 Å². The van der Waals surface area contributed by atoms with Crippen LogP contribution < -0.4 is 10.0 Å². The Kier molecular flexibility index (Phi) is 4.24. The number of aromatic nitrogens is 1. The van der Waals surface area contributed by atoms with E-state index in [9.17, 15) is 8.42 Å². The van der Waals surface area contributed by atoms with Gasteiger partial charge in [-0.1, -0.05) is 17.7 Å². The molecule has 1 aromatic carbocycles. The van der Waals surface area contributed by atoms with Gasteiger partial charge < -0.3 is 5.32 Å². The summed E-state index contributed by atoms with van der Waals surface area (Å²) in [6, 6.07) is 10.3. The van der Waals surface area contributed by atoms with Gasteiger partial charge in [-0.15, -0.1) is 0 Å². The molecule has 0 aliphatic carbocycles. The molecule has 0 unspecified atom stereocenters. The van der Waals surface area contributed by atoms with Crippen molar-refractivity contribution in [1.29, 1.82) is 0 Å². The van der Waals surface area contributed by atoms with Crippen LogP contribution in [0, 0.1) is 6.92 Å². The van der Waals surface area contributed by atoms with Gasteiger partial charge in [-0.25, -0.2) is 13.4 Å². The van der Waals surface area contributed by atoms with Crippen molar-refractivity contribution in [3.05, 3.63) is 48.2 Å². The van der Waals surface area contributed by atoms with Crippen LogP contribution in [0.1, 0.15) is 12.5 Å². The Bertz CT molecular complexity index is 682. The molecule has 6 heteroatoms. The van der Waals surface area contributed by atoms with Gasteiger partial charge in [-0.05, 0) is 38.1 Å². The lowest BCUT2D eigenvalue weighted by atomic mass is 10.2. The number of nitrogens with one attached hydrogen (secondary N) is 2. The van der Waals surface area contributed by atoms with Crippen molar-refractivity contribution in [3.8, 4) is 0 Å². The SMILES string of the molecule is CCNc1ncccc1S(=O)(=O)Nc1ccc(C)cc1. The quantitative estimate of drug-likeness (QED) is 0.888. The first-order valence-corrected chi connectivity index (χ1v) is 7.79. The number of aryl methyl sites for hydroxylation is 1. The molecule has 0 atom stereocenters. The number of pyridine rings is 1. The molecule has 0 aliphatic rings. The van der Waals surface area contributed by atoms with Crippen molar-refractivity contribution in [3.63, 3.8) is 0 Å². The van der Waals surface area contributed by atoms with E-state index in [-0.39, 0.29) is 4.90 Å². The molecular weight excluding hydrogens is 274 g/mol. The molecule has 0 saturated heterocycles. The van der Waals surface area contributed by atoms with Gasteiger partial charge in [-0.3, -0.25) is 4.72 Å². The molecule has 0 amide bonds. The standard InChI is InChI=1S/C14H17N3O2S/c1-3-15-14-13(5-4-10-16-14)20(18,19)17-12-8-6-11(2)7-9-12/h4-10,17H,3H2,1-2H3,(H,15,16). The monoisotopic (exact) mass is 291 g/mol. The second kappa shape index (κ2) is 5.92. The summed E-state index contributed by atoms with van der Waals surface area (Å²) in [4.78, 5) is 4.20. The minimum absolute atomic E-state index is 0.141. The molecule has 2 aromatic rings. The maximum Gasteiger partial charge on any atom is 0.265 e. The summed E-state index contributed by atoms with van der Waals surface area (Å²) in [5.41, 5.74) is 1.60. The maximum atomic E-state index is 12.4. The van der Waals surface area contributed by atoms with Gasteiger partial charge in [0.25, 0.3) is 10.0 Å². The molecule has 2 rings (SSSR count). The number of hydrogen-bond donors (Lipinski definition) is 2. The largest absolute Gasteiger partial charge is 0.369 e. The third kappa shape index (κ3) is 3.27. The molecule has 0 fully saturated rings. The van der Waals surface area contributed by atoms with E-state index in [1.54, 1.807) is 24.4 Å². The lowest BCUT2D eigenvalue weighted by Crippen LogP contribution is -2.16. The van der Waals surface area contributed by atoms with Crippen molar-refractivity contribution < 1.29 is 8.42 Å². The van der Waals surface area contributed by atoms with Crippen LogP contribution in [0.15, 0.2) is 47.5 Å². The van der Waals surface area contributed by atoms with E-state index in [0.717, 1.165) is 5.56 Å². The normalized spacial score (nSPS) is 11.1. The zero-order valence-corrected chi connectivity index (χ0v) is 12.2. The van der Waals surface area contributed by atoms with Gasteiger partial charge in [0.15, 0.2) is 0 Å². The highest BCUT2D eigenvalue weighted by atomic mass is 32.2. The number of sulfonamides is 1. The molecule has 0 radical (unpaired) electrons. The van der Waals surface area contributed by atoms with Crippen molar-refractivity contribution in [2.45, 2.75) is 18.7 Å². The first kappa shape index (κ1) is 14.3. The molecule has 0 saturated carbocycles. The average molecular weight is 291 g/mol. The number of rotatable bonds is 5. The number of anilines is 2. The summed E-state index contributed by atoms with van der Waals surface area (Å²) in [6.07, 6.45) is 1.56. The van der Waals surface area contributed by atoms with E-state index >= 15 is 0 Å². The molecule has 5 nitrogen and oxygen atoms in total. The Balaban J connectivity index is 2.33. The summed E-state index contributed by atoms with van der Waals surface area (Å²) in [7, 11) is -3.65. The Morgan fingerprint density at radius 2 is 1.85 bits per heavy atom. The molecular formula is C14H17N3O2S. The van der Waals surface area contributed by atoms with Crippen molar-refractivity contribution in [2.75, 3.05) is 16.6 Å². The number of hydrogen-bond acceptors (Lipinski definition) is 4. The highest BCUT2D eigenvalue weighted by molar-refractivity contribution is 7.92. The lowest BCUT2D eigenvalue weighted by Gasteiger charge is -2.12. The Labute approximate surface area is 119 Å². The Morgan fingerprint density at radius 1 is 1.15 bits per heavy atom. The summed E-state index contributed by atoms with van der Waals surface area (Å²) in [5, 5.41) is 2.95. The molecule has 0 bridgehead atoms. The van der Waals surface area contributed by atoms with Gasteiger partial charge in [0.05, 0.1) is 0 Å². The fourth-order valence-electron chi connectivity index (χ4n) is 1.74. The molecule has 1 aromatic heterocycles. The van der Waals surface area contributed by atoms with Crippen molar-refractivity contribution in [2.24, 2.45) is 0 Å². The van der Waals surface area contributed by atoms with E-state index in [2.05, 4.69) is 15.0 Å². The van der Waals surface area contributed by atoms with Crippen LogP contribution in [0.2, 0.25) is 0 Å². The second-order valence-corrected chi connectivity index (χ2v) is 6.00. The highest BCUT2D eigenvalue weighted by Gasteiger charge is 2.19. The second-order valence-electron chi connectivity index (χ2n) is 4.35. The van der Waals surface area contributed by atoms with Crippen LogP contribution in [-0.4, -0.2) is 19.9 Å². The highest BCUT2D eigenvalue weighted by Crippen LogP contribution is 2.21. The molecule has 20 heavy (non-hydrogen) atoms. The predicted octanol–water partition coefficient (Wildman–Crippen LogP) is 2.62. The first-order chi connectivity index (χ1) is 9.53. The third-order valence-electron chi connectivity index (χ3n) is 2.71. The smallest absolute Gasteiger partial charge is 0.265 e. The minimum atomic E-state index is -3.65. The Morgan fingerprint density at radius 3 is 2.50 bits per heavy atom. The molecule has 1 heterocycles. The van der Waals surface area contributed by atoms with Crippen LogP contribution >= 0.6 is 0 Å². The summed E-state index contributed by atoms with van der Waals surface area (Å²) in [5.74, 6) is 0.356. The molecule has 0 aliphatic heterocycles. The van der Waals surface area contributed by atoms with Crippen LogP contribution in [0.5, 0.6) is 0 Å². The van der Waals surface area contributed by atoms with Crippen LogP contribution in [0.25, 0.3) is 0 Å². The van der Waals surface area contributed by atoms with Gasteiger partial charge in [-0.2, -0.15) is 0 Å². The van der Waals surface area contributed by atoms with Crippen molar-refractivity contribution >= 4 is 21.5 Å². The maximum absolute atomic E-state index is 12.4. The summed E-state index contributed by atoms with van der Waals surface area (Å²) in [6.45, 7) is 4.44. The molecule has 106 valence electrons. The fraction of sp³-hybridized carbons (Fsp3) is 0.214. The molecule has 0 spiro atoms. The number of nitrogens with zero attached hydrogens (tertiary/aromatic N) is 1. The zero-order chi connectivity index (χ0) is 14.6. The predicted molar refractivity (Wildman–Crippen MR) is 80.4 cm³/mol. The van der Waals surface area contributed by atoms with E-state index in [1.165, 1.54) is 6.07 Å². The first-order valence-electron chi connectivity index (χ1n) is 6.31. The summed E-state index contributed by atoms with van der Waals surface area (Å²) >= 11 is 0. The third-order valence-corrected chi connectivity index (χ3v) is 4.12. The van der Waals surface area contributed by atoms with E-state index in [0.29, 0.717) is 18.1 Å². The van der Waals surface area contributed by atoms with Crippen LogP contribution in [-0.2, 0) is 10.0 Å². The minimum Gasteiger partial charge on any atom is -0.369 e. The van der Waals surface area contributed by atoms with Crippen molar-refractivity contribution in [1.82, 2.24) is 4.98 Å². The Hall–Kier alpha value is -2.08. The topological polar surface area (TPSA) is 71.1 Å². The van der Waals surface area contributed by atoms with Crippen LogP contribution in [0.3, 0.4) is 0 Å². The fourth-order valence-corrected chi connectivity index (χ4v) is 2.93.